The number of nitriles is 1. The third-order valence-electron chi connectivity index (χ3n) is 1.92. The van der Waals surface area contributed by atoms with Crippen molar-refractivity contribution in [2.75, 3.05) is 5.43 Å². The predicted molar refractivity (Wildman–Crippen MR) is 50.8 cm³/mol. The van der Waals surface area contributed by atoms with Crippen LogP contribution in [0.1, 0.15) is 11.7 Å². The van der Waals surface area contributed by atoms with Gasteiger partial charge in [0.25, 0.3) is 0 Å². The van der Waals surface area contributed by atoms with Gasteiger partial charge in [0, 0.05) is 0 Å². The smallest absolute Gasteiger partial charge is 0.170 e. The van der Waals surface area contributed by atoms with Gasteiger partial charge in [-0.15, -0.1) is 0 Å². The Morgan fingerprint density at radius 1 is 1.47 bits per heavy atom. The zero-order chi connectivity index (χ0) is 11.4. The summed E-state index contributed by atoms with van der Waals surface area (Å²) in [5.41, 5.74) is 2.30. The molecule has 5 N–H and O–H groups in total. The molecule has 0 aliphatic rings. The van der Waals surface area contributed by atoms with Crippen molar-refractivity contribution in [1.82, 2.24) is 0 Å². The van der Waals surface area contributed by atoms with Crippen LogP contribution in [0.4, 0.5) is 10.1 Å². The molecule has 1 aromatic carbocycles. The maximum Gasteiger partial charge on any atom is 0.170 e. The van der Waals surface area contributed by atoms with E-state index < -0.39 is 18.0 Å². The summed E-state index contributed by atoms with van der Waals surface area (Å²) in [5, 5.41) is 26.8. The van der Waals surface area contributed by atoms with Gasteiger partial charge in [-0.3, -0.25) is 5.84 Å². The van der Waals surface area contributed by atoms with Crippen molar-refractivity contribution in [3.8, 4) is 6.07 Å². The zero-order valence-electron chi connectivity index (χ0n) is 7.68. The van der Waals surface area contributed by atoms with Crippen molar-refractivity contribution < 1.29 is 14.6 Å². The first kappa shape index (κ1) is 11.4. The lowest BCUT2D eigenvalue weighted by Gasteiger charge is -2.12. The van der Waals surface area contributed by atoms with E-state index in [0.29, 0.717) is 0 Å². The molecule has 0 radical (unpaired) electrons. The maximum absolute atomic E-state index is 13.2. The van der Waals surface area contributed by atoms with Crippen molar-refractivity contribution in [1.29, 1.82) is 5.26 Å². The molecular formula is C9H10FN3O2. The zero-order valence-corrected chi connectivity index (χ0v) is 7.68. The molecule has 15 heavy (non-hydrogen) atoms. The van der Waals surface area contributed by atoms with Crippen LogP contribution in [0.15, 0.2) is 18.2 Å². The van der Waals surface area contributed by atoms with Crippen molar-refractivity contribution in [3.05, 3.63) is 29.6 Å². The third kappa shape index (κ3) is 2.41. The van der Waals surface area contributed by atoms with Crippen LogP contribution in [-0.2, 0) is 0 Å². The molecule has 5 nitrogen and oxygen atoms in total. The van der Waals surface area contributed by atoms with E-state index in [0.717, 1.165) is 6.07 Å². The second-order valence-corrected chi connectivity index (χ2v) is 2.90. The molecule has 0 aliphatic heterocycles. The summed E-state index contributed by atoms with van der Waals surface area (Å²) in [7, 11) is 0. The normalized spacial score (nSPS) is 14.1. The summed E-state index contributed by atoms with van der Waals surface area (Å²) in [6.45, 7) is 0. The van der Waals surface area contributed by atoms with Crippen LogP contribution < -0.4 is 11.3 Å². The SMILES string of the molecule is N#CC(O)C(O)c1ccc(NN)c(F)c1. The highest BCUT2D eigenvalue weighted by Crippen LogP contribution is 2.21. The monoisotopic (exact) mass is 211 g/mol. The minimum Gasteiger partial charge on any atom is -0.385 e. The van der Waals surface area contributed by atoms with Crippen LogP contribution in [0.3, 0.4) is 0 Å². The van der Waals surface area contributed by atoms with Gasteiger partial charge in [0.2, 0.25) is 0 Å². The molecule has 1 rings (SSSR count). The minimum atomic E-state index is -1.58. The molecule has 0 spiro atoms. The van der Waals surface area contributed by atoms with Crippen LogP contribution >= 0.6 is 0 Å². The molecule has 0 amide bonds. The summed E-state index contributed by atoms with van der Waals surface area (Å²) >= 11 is 0. The van der Waals surface area contributed by atoms with Crippen molar-refractivity contribution in [3.63, 3.8) is 0 Å². The highest BCUT2D eigenvalue weighted by molar-refractivity contribution is 5.45. The highest BCUT2D eigenvalue weighted by Gasteiger charge is 2.18. The molecule has 1 aromatic rings. The van der Waals surface area contributed by atoms with E-state index in [4.69, 9.17) is 16.2 Å². The molecule has 0 saturated carbocycles. The van der Waals surface area contributed by atoms with Gasteiger partial charge in [-0.05, 0) is 17.7 Å². The van der Waals surface area contributed by atoms with E-state index in [9.17, 15) is 9.50 Å². The summed E-state index contributed by atoms with van der Waals surface area (Å²) in [5.74, 6) is 4.34. The van der Waals surface area contributed by atoms with Gasteiger partial charge in [0.05, 0.1) is 11.8 Å². The van der Waals surface area contributed by atoms with Gasteiger partial charge in [0.15, 0.2) is 6.10 Å². The molecule has 0 fully saturated rings. The van der Waals surface area contributed by atoms with E-state index >= 15 is 0 Å². The number of aliphatic hydroxyl groups is 2. The molecule has 0 saturated heterocycles. The standard InChI is InChI=1S/C9H10FN3O2/c10-6-3-5(1-2-7(6)13-12)9(15)8(14)4-11/h1-3,8-9,13-15H,12H2. The summed E-state index contributed by atoms with van der Waals surface area (Å²) in [6.07, 6.45) is -3.02. The van der Waals surface area contributed by atoms with Crippen molar-refractivity contribution >= 4 is 5.69 Å². The van der Waals surface area contributed by atoms with Gasteiger partial charge >= 0.3 is 0 Å². The topological polar surface area (TPSA) is 102 Å². The first-order valence-corrected chi connectivity index (χ1v) is 4.12. The number of halogens is 1. The fourth-order valence-corrected chi connectivity index (χ4v) is 1.09. The number of nitrogens with one attached hydrogen (secondary N) is 1. The van der Waals surface area contributed by atoms with Crippen molar-refractivity contribution in [2.24, 2.45) is 5.84 Å². The Morgan fingerprint density at radius 3 is 2.60 bits per heavy atom. The highest BCUT2D eigenvalue weighted by atomic mass is 19.1. The number of aliphatic hydroxyl groups excluding tert-OH is 2. The average Bonchev–Trinajstić information content (AvgIpc) is 2.26. The Morgan fingerprint density at radius 2 is 2.13 bits per heavy atom. The fourth-order valence-electron chi connectivity index (χ4n) is 1.09. The Balaban J connectivity index is 2.98. The molecule has 0 aliphatic carbocycles. The van der Waals surface area contributed by atoms with E-state index in [1.807, 2.05) is 0 Å². The Kier molecular flexibility index (Phi) is 3.57. The molecule has 0 aromatic heterocycles. The number of hydrogen-bond acceptors (Lipinski definition) is 5. The number of anilines is 1. The number of benzene rings is 1. The number of hydrogen-bond donors (Lipinski definition) is 4. The van der Waals surface area contributed by atoms with Crippen LogP contribution in [0.5, 0.6) is 0 Å². The van der Waals surface area contributed by atoms with Crippen LogP contribution in [-0.4, -0.2) is 16.3 Å². The second kappa shape index (κ2) is 4.70. The lowest BCUT2D eigenvalue weighted by Crippen LogP contribution is -2.16. The van der Waals surface area contributed by atoms with Gasteiger partial charge in [-0.1, -0.05) is 6.07 Å². The summed E-state index contributed by atoms with van der Waals surface area (Å²) < 4.78 is 13.2. The first-order valence-electron chi connectivity index (χ1n) is 4.12. The largest absolute Gasteiger partial charge is 0.385 e. The van der Waals surface area contributed by atoms with E-state index in [-0.39, 0.29) is 11.3 Å². The third-order valence-corrected chi connectivity index (χ3v) is 1.92. The van der Waals surface area contributed by atoms with Crippen LogP contribution in [0.25, 0.3) is 0 Å². The van der Waals surface area contributed by atoms with Crippen molar-refractivity contribution in [2.45, 2.75) is 12.2 Å². The Bertz CT molecular complexity index is 391. The number of nitrogens with zero attached hydrogens (tertiary/aromatic N) is 1. The maximum atomic E-state index is 13.2. The molecule has 6 heteroatoms. The van der Waals surface area contributed by atoms with Gasteiger partial charge in [-0.2, -0.15) is 5.26 Å². The fraction of sp³-hybridized carbons (Fsp3) is 0.222. The van der Waals surface area contributed by atoms with Gasteiger partial charge in [-0.25, -0.2) is 4.39 Å². The summed E-state index contributed by atoms with van der Waals surface area (Å²) in [6, 6.07) is 5.12. The van der Waals surface area contributed by atoms with Gasteiger partial charge < -0.3 is 15.6 Å². The van der Waals surface area contributed by atoms with Gasteiger partial charge in [0.1, 0.15) is 11.9 Å². The van der Waals surface area contributed by atoms with Crippen LogP contribution in [0.2, 0.25) is 0 Å². The van der Waals surface area contributed by atoms with E-state index in [1.54, 1.807) is 0 Å². The molecule has 80 valence electrons. The molecular weight excluding hydrogens is 201 g/mol. The van der Waals surface area contributed by atoms with E-state index in [1.165, 1.54) is 18.2 Å². The number of rotatable bonds is 3. The molecule has 0 bridgehead atoms. The lowest BCUT2D eigenvalue weighted by molar-refractivity contribution is 0.0526. The number of nitrogen functional groups attached to an aromatic ring is 1. The molecule has 2 atom stereocenters. The van der Waals surface area contributed by atoms with E-state index in [2.05, 4.69) is 5.43 Å². The quantitative estimate of drug-likeness (QED) is 0.321. The lowest BCUT2D eigenvalue weighted by atomic mass is 10.0. The molecule has 0 heterocycles. The first-order chi connectivity index (χ1) is 7.10. The molecule has 2 unspecified atom stereocenters. The Hall–Kier alpha value is -1.68. The average molecular weight is 211 g/mol. The predicted octanol–water partition coefficient (Wildman–Crippen LogP) is 0.0292. The summed E-state index contributed by atoms with van der Waals surface area (Å²) in [4.78, 5) is 0. The Labute approximate surface area is 85.5 Å². The second-order valence-electron chi connectivity index (χ2n) is 2.90. The van der Waals surface area contributed by atoms with Crippen LogP contribution in [0, 0.1) is 17.1 Å². The number of nitrogens with two attached hydrogens (primary N) is 1. The number of hydrazine groups is 1. The minimum absolute atomic E-state index is 0.0670.